The van der Waals surface area contributed by atoms with Crippen molar-refractivity contribution in [1.82, 2.24) is 0 Å². The van der Waals surface area contributed by atoms with E-state index in [1.54, 1.807) is 0 Å². The zero-order chi connectivity index (χ0) is 20.9. The molecule has 0 radical (unpaired) electrons. The van der Waals surface area contributed by atoms with E-state index < -0.39 is 0 Å². The maximum absolute atomic E-state index is 2.39. The molecule has 0 bridgehead atoms. The van der Waals surface area contributed by atoms with Crippen molar-refractivity contribution in [3.8, 4) is 11.1 Å². The van der Waals surface area contributed by atoms with Crippen molar-refractivity contribution < 1.29 is 0 Å². The molecule has 5 aromatic carbocycles. The Hall–Kier alpha value is -3.42. The molecule has 31 heavy (non-hydrogen) atoms. The summed E-state index contributed by atoms with van der Waals surface area (Å²) < 4.78 is 2.72. The molecule has 0 fully saturated rings. The molecule has 148 valence electrons. The molecule has 0 aliphatic heterocycles. The van der Waals surface area contributed by atoms with E-state index in [2.05, 4.69) is 111 Å². The molecular formula is C30H22S. The van der Waals surface area contributed by atoms with E-state index >= 15 is 0 Å². The fourth-order valence-electron chi connectivity index (χ4n) is 4.92. The van der Waals surface area contributed by atoms with Gasteiger partial charge in [0.2, 0.25) is 0 Å². The van der Waals surface area contributed by atoms with Crippen LogP contribution in [0.2, 0.25) is 0 Å². The number of thiophene rings is 1. The van der Waals surface area contributed by atoms with Gasteiger partial charge in [0.05, 0.1) is 0 Å². The van der Waals surface area contributed by atoms with Gasteiger partial charge in [-0.2, -0.15) is 0 Å². The molecule has 0 spiro atoms. The predicted octanol–water partition coefficient (Wildman–Crippen LogP) is 9.37. The van der Waals surface area contributed by atoms with Gasteiger partial charge in [-0.25, -0.2) is 0 Å². The summed E-state index contributed by atoms with van der Waals surface area (Å²) in [6.07, 6.45) is 4.38. The Kier molecular flexibility index (Phi) is 4.19. The number of hydrogen-bond donors (Lipinski definition) is 0. The Morgan fingerprint density at radius 2 is 1.39 bits per heavy atom. The molecule has 0 aliphatic carbocycles. The van der Waals surface area contributed by atoms with Gasteiger partial charge in [0.25, 0.3) is 0 Å². The highest BCUT2D eigenvalue weighted by atomic mass is 32.1. The van der Waals surface area contributed by atoms with Gasteiger partial charge in [-0.3, -0.25) is 0 Å². The minimum atomic E-state index is 1.29. The molecule has 1 heterocycles. The van der Waals surface area contributed by atoms with Crippen LogP contribution in [-0.4, -0.2) is 0 Å². The number of allylic oxidation sites excluding steroid dienone is 1. The zero-order valence-electron chi connectivity index (χ0n) is 17.6. The third-order valence-corrected chi connectivity index (χ3v) is 7.60. The van der Waals surface area contributed by atoms with E-state index in [0.717, 1.165) is 0 Å². The molecule has 6 aromatic rings. The van der Waals surface area contributed by atoms with Crippen LogP contribution in [0.4, 0.5) is 0 Å². The SMILES string of the molecule is CC=Cc1c(C)c2ccc(-c3cccc4c3sc3ccccc34)cc2c2ccccc12. The monoisotopic (exact) mass is 414 g/mol. The highest BCUT2D eigenvalue weighted by molar-refractivity contribution is 7.26. The maximum Gasteiger partial charge on any atom is 0.0433 e. The Balaban J connectivity index is 1.69. The van der Waals surface area contributed by atoms with Crippen LogP contribution in [0.25, 0.3) is 58.9 Å². The van der Waals surface area contributed by atoms with E-state index in [4.69, 9.17) is 0 Å². The van der Waals surface area contributed by atoms with Crippen molar-refractivity contribution in [3.05, 3.63) is 102 Å². The first-order chi connectivity index (χ1) is 15.3. The van der Waals surface area contributed by atoms with Crippen LogP contribution in [0.3, 0.4) is 0 Å². The Labute approximate surface area is 186 Å². The Morgan fingerprint density at radius 3 is 2.23 bits per heavy atom. The van der Waals surface area contributed by atoms with Crippen LogP contribution in [0.5, 0.6) is 0 Å². The summed E-state index contributed by atoms with van der Waals surface area (Å²) in [4.78, 5) is 0. The Morgan fingerprint density at radius 1 is 0.645 bits per heavy atom. The minimum absolute atomic E-state index is 1.29. The van der Waals surface area contributed by atoms with Gasteiger partial charge < -0.3 is 0 Å². The number of hydrogen-bond acceptors (Lipinski definition) is 1. The number of benzene rings is 5. The molecular weight excluding hydrogens is 392 g/mol. The summed E-state index contributed by atoms with van der Waals surface area (Å²) >= 11 is 1.90. The van der Waals surface area contributed by atoms with Crippen LogP contribution in [0, 0.1) is 6.92 Å². The highest BCUT2D eigenvalue weighted by Crippen LogP contribution is 2.41. The lowest BCUT2D eigenvalue weighted by Gasteiger charge is -2.14. The van der Waals surface area contributed by atoms with Crippen LogP contribution in [0.15, 0.2) is 91.0 Å². The highest BCUT2D eigenvalue weighted by Gasteiger charge is 2.13. The number of aryl methyl sites for hydroxylation is 1. The van der Waals surface area contributed by atoms with E-state index in [-0.39, 0.29) is 0 Å². The molecule has 6 rings (SSSR count). The molecule has 0 N–H and O–H groups in total. The van der Waals surface area contributed by atoms with Crippen molar-refractivity contribution in [1.29, 1.82) is 0 Å². The Bertz CT molecular complexity index is 1650. The topological polar surface area (TPSA) is 0 Å². The summed E-state index contributed by atoms with van der Waals surface area (Å²) in [5.74, 6) is 0. The third kappa shape index (κ3) is 2.74. The van der Waals surface area contributed by atoms with Gasteiger partial charge in [0.1, 0.15) is 0 Å². The average molecular weight is 415 g/mol. The molecule has 0 aliphatic rings. The van der Waals surface area contributed by atoms with Crippen molar-refractivity contribution in [2.75, 3.05) is 0 Å². The second-order valence-electron chi connectivity index (χ2n) is 8.13. The number of fused-ring (bicyclic) bond motifs is 6. The first-order valence-electron chi connectivity index (χ1n) is 10.7. The zero-order valence-corrected chi connectivity index (χ0v) is 18.5. The quantitative estimate of drug-likeness (QED) is 0.248. The second-order valence-corrected chi connectivity index (χ2v) is 9.18. The largest absolute Gasteiger partial charge is 0.135 e. The maximum atomic E-state index is 2.39. The van der Waals surface area contributed by atoms with Crippen molar-refractivity contribution in [3.63, 3.8) is 0 Å². The van der Waals surface area contributed by atoms with E-state index in [9.17, 15) is 0 Å². The normalized spacial score (nSPS) is 12.1. The van der Waals surface area contributed by atoms with Crippen molar-refractivity contribution in [2.24, 2.45) is 0 Å². The van der Waals surface area contributed by atoms with Gasteiger partial charge in [-0.15, -0.1) is 11.3 Å². The second kappa shape index (κ2) is 7.08. The molecule has 0 unspecified atom stereocenters. The standard InChI is InChI=1S/C30H22S/c1-3-9-21-19(2)22-17-16-20(18-28(22)25-11-5-4-10-24(21)25)23-13-8-14-27-26-12-6-7-15-29(26)31-30(23)27/h3-18H,1-2H3. The minimum Gasteiger partial charge on any atom is -0.135 e. The average Bonchev–Trinajstić information content (AvgIpc) is 3.20. The molecule has 0 nitrogen and oxygen atoms in total. The lowest BCUT2D eigenvalue weighted by Crippen LogP contribution is -1.90. The molecule has 1 heteroatoms. The first kappa shape index (κ1) is 18.4. The van der Waals surface area contributed by atoms with Crippen LogP contribution >= 0.6 is 11.3 Å². The summed E-state index contributed by atoms with van der Waals surface area (Å²) in [7, 11) is 0. The van der Waals surface area contributed by atoms with Gasteiger partial charge in [-0.1, -0.05) is 84.9 Å². The molecule has 1 aromatic heterocycles. The van der Waals surface area contributed by atoms with Crippen molar-refractivity contribution >= 4 is 59.1 Å². The van der Waals surface area contributed by atoms with E-state index in [0.29, 0.717) is 0 Å². The van der Waals surface area contributed by atoms with Crippen LogP contribution < -0.4 is 0 Å². The summed E-state index contributed by atoms with van der Waals surface area (Å²) in [6, 6.07) is 31.2. The predicted molar refractivity (Wildman–Crippen MR) is 139 cm³/mol. The first-order valence-corrected chi connectivity index (χ1v) is 11.6. The van der Waals surface area contributed by atoms with Gasteiger partial charge in [-0.05, 0) is 69.8 Å². The van der Waals surface area contributed by atoms with Crippen LogP contribution in [-0.2, 0) is 0 Å². The molecule has 0 saturated carbocycles. The smallest absolute Gasteiger partial charge is 0.0433 e. The van der Waals surface area contributed by atoms with E-state index in [1.165, 1.54) is 64.0 Å². The fraction of sp³-hybridized carbons (Fsp3) is 0.0667. The fourth-order valence-corrected chi connectivity index (χ4v) is 6.16. The lowest BCUT2D eigenvalue weighted by atomic mass is 9.90. The van der Waals surface area contributed by atoms with Crippen molar-refractivity contribution in [2.45, 2.75) is 13.8 Å². The molecule has 0 saturated heterocycles. The van der Waals surface area contributed by atoms with E-state index in [1.807, 2.05) is 11.3 Å². The number of rotatable bonds is 2. The summed E-state index contributed by atoms with van der Waals surface area (Å²) in [6.45, 7) is 4.34. The molecule has 0 amide bonds. The van der Waals surface area contributed by atoms with Crippen LogP contribution in [0.1, 0.15) is 18.1 Å². The van der Waals surface area contributed by atoms with Gasteiger partial charge in [0, 0.05) is 20.2 Å². The molecule has 0 atom stereocenters. The third-order valence-electron chi connectivity index (χ3n) is 6.38. The summed E-state index contributed by atoms with van der Waals surface area (Å²) in [5, 5.41) is 8.01. The lowest BCUT2D eigenvalue weighted by molar-refractivity contribution is 1.52. The summed E-state index contributed by atoms with van der Waals surface area (Å²) in [5.41, 5.74) is 5.27. The van der Waals surface area contributed by atoms with Gasteiger partial charge in [0.15, 0.2) is 0 Å². The van der Waals surface area contributed by atoms with Gasteiger partial charge >= 0.3 is 0 Å².